The normalized spacial score (nSPS) is 14.8. The fourth-order valence-electron chi connectivity index (χ4n) is 2.29. The van der Waals surface area contributed by atoms with E-state index in [2.05, 4.69) is 5.32 Å². The summed E-state index contributed by atoms with van der Waals surface area (Å²) in [5.74, 6) is -3.94. The second kappa shape index (κ2) is 6.49. The van der Waals surface area contributed by atoms with Crippen LogP contribution in [0.25, 0.3) is 0 Å². The molecule has 1 amide bonds. The fourth-order valence-corrected chi connectivity index (χ4v) is 3.89. The van der Waals surface area contributed by atoms with Gasteiger partial charge in [-0.1, -0.05) is 0 Å². The van der Waals surface area contributed by atoms with E-state index in [0.717, 1.165) is 40.7 Å². The zero-order valence-electron chi connectivity index (χ0n) is 12.8. The maximum Gasteiger partial charge on any atom is 0.255 e. The van der Waals surface area contributed by atoms with Crippen LogP contribution < -0.4 is 5.32 Å². The van der Waals surface area contributed by atoms with Crippen molar-refractivity contribution in [2.24, 2.45) is 0 Å². The Bertz CT molecular complexity index is 944. The minimum Gasteiger partial charge on any atom is -0.322 e. The highest BCUT2D eigenvalue weighted by Crippen LogP contribution is 2.25. The summed E-state index contributed by atoms with van der Waals surface area (Å²) in [6.45, 7) is 0.597. The predicted molar refractivity (Wildman–Crippen MR) is 84.1 cm³/mol. The number of benzene rings is 2. The maximum absolute atomic E-state index is 13.9. The third kappa shape index (κ3) is 3.38. The molecule has 1 aliphatic rings. The van der Waals surface area contributed by atoms with Gasteiger partial charge in [-0.05, 0) is 36.8 Å². The Labute approximate surface area is 142 Å². The van der Waals surface area contributed by atoms with Crippen LogP contribution in [0.4, 0.5) is 18.9 Å². The Morgan fingerprint density at radius 1 is 0.960 bits per heavy atom. The smallest absolute Gasteiger partial charge is 0.255 e. The summed E-state index contributed by atoms with van der Waals surface area (Å²) in [5, 5.41) is 2.31. The van der Waals surface area contributed by atoms with Gasteiger partial charge in [-0.3, -0.25) is 4.79 Å². The lowest BCUT2D eigenvalue weighted by Gasteiger charge is -2.29. The molecule has 9 heteroatoms. The molecule has 1 fully saturated rings. The van der Waals surface area contributed by atoms with E-state index in [1.54, 1.807) is 0 Å². The zero-order valence-corrected chi connectivity index (χ0v) is 13.6. The minimum atomic E-state index is -4.01. The van der Waals surface area contributed by atoms with Crippen molar-refractivity contribution in [3.8, 4) is 0 Å². The molecule has 3 rings (SSSR count). The molecule has 0 radical (unpaired) electrons. The highest BCUT2D eigenvalue weighted by atomic mass is 32.2. The topological polar surface area (TPSA) is 66.5 Å². The van der Waals surface area contributed by atoms with Crippen molar-refractivity contribution in [3.05, 3.63) is 59.4 Å². The van der Waals surface area contributed by atoms with E-state index in [-0.39, 0.29) is 11.3 Å². The molecule has 2 aromatic rings. The first kappa shape index (κ1) is 17.4. The Morgan fingerprint density at radius 2 is 1.64 bits per heavy atom. The number of carbonyl (C=O) groups excluding carboxylic acids is 1. The molecule has 5 nitrogen and oxygen atoms in total. The molecule has 1 aliphatic heterocycles. The van der Waals surface area contributed by atoms with E-state index in [1.807, 2.05) is 0 Å². The number of nitrogens with one attached hydrogen (secondary N) is 1. The van der Waals surface area contributed by atoms with Crippen LogP contribution in [0.3, 0.4) is 0 Å². The molecular weight excluding hydrogens is 357 g/mol. The third-order valence-electron chi connectivity index (χ3n) is 3.80. The molecular formula is C16H13F3N2O3S. The molecule has 1 heterocycles. The first-order valence-corrected chi connectivity index (χ1v) is 8.79. The minimum absolute atomic E-state index is 0.0135. The van der Waals surface area contributed by atoms with E-state index in [4.69, 9.17) is 0 Å². The van der Waals surface area contributed by atoms with E-state index in [9.17, 15) is 26.4 Å². The van der Waals surface area contributed by atoms with Gasteiger partial charge in [-0.2, -0.15) is 4.31 Å². The van der Waals surface area contributed by atoms with Crippen LogP contribution in [-0.2, 0) is 10.0 Å². The third-order valence-corrected chi connectivity index (χ3v) is 5.72. The number of hydrogen-bond donors (Lipinski definition) is 1. The molecule has 0 aromatic heterocycles. The van der Waals surface area contributed by atoms with Crippen molar-refractivity contribution in [1.29, 1.82) is 0 Å². The van der Waals surface area contributed by atoms with Gasteiger partial charge in [0.15, 0.2) is 11.6 Å². The van der Waals surface area contributed by atoms with Gasteiger partial charge in [0.2, 0.25) is 10.0 Å². The molecule has 0 aliphatic carbocycles. The Morgan fingerprint density at radius 3 is 2.24 bits per heavy atom. The number of halogens is 3. The molecule has 0 saturated carbocycles. The summed E-state index contributed by atoms with van der Waals surface area (Å²) in [4.78, 5) is 11.6. The van der Waals surface area contributed by atoms with E-state index in [1.165, 1.54) is 0 Å². The number of hydrogen-bond acceptors (Lipinski definition) is 3. The summed E-state index contributed by atoms with van der Waals surface area (Å²) in [6, 6.07) is 5.70. The van der Waals surface area contributed by atoms with Crippen LogP contribution in [-0.4, -0.2) is 31.7 Å². The van der Waals surface area contributed by atoms with Crippen molar-refractivity contribution in [1.82, 2.24) is 4.31 Å². The van der Waals surface area contributed by atoms with Crippen molar-refractivity contribution < 1.29 is 26.4 Å². The molecule has 0 unspecified atom stereocenters. The number of nitrogens with zero attached hydrogens (tertiary/aromatic N) is 1. The Hall–Kier alpha value is -2.39. The molecule has 0 spiro atoms. The Kier molecular flexibility index (Phi) is 4.53. The highest BCUT2D eigenvalue weighted by Gasteiger charge is 2.32. The van der Waals surface area contributed by atoms with E-state index < -0.39 is 38.3 Å². The zero-order chi connectivity index (χ0) is 18.2. The summed E-state index contributed by atoms with van der Waals surface area (Å²) < 4.78 is 65.8. The van der Waals surface area contributed by atoms with Gasteiger partial charge in [-0.15, -0.1) is 0 Å². The second-order valence-corrected chi connectivity index (χ2v) is 7.39. The average molecular weight is 370 g/mol. The fraction of sp³-hybridized carbons (Fsp3) is 0.188. The highest BCUT2D eigenvalue weighted by molar-refractivity contribution is 7.89. The van der Waals surface area contributed by atoms with Crippen LogP contribution in [0.2, 0.25) is 0 Å². The molecule has 0 bridgehead atoms. The van der Waals surface area contributed by atoms with Crippen molar-refractivity contribution in [2.45, 2.75) is 11.3 Å². The van der Waals surface area contributed by atoms with Crippen LogP contribution in [0.5, 0.6) is 0 Å². The lowest BCUT2D eigenvalue weighted by molar-refractivity contribution is 0.102. The van der Waals surface area contributed by atoms with Crippen molar-refractivity contribution >= 4 is 21.6 Å². The SMILES string of the molecule is O=C(Nc1ccc(F)c(F)c1)c1ccc(F)c(S(=O)(=O)N2CCC2)c1. The predicted octanol–water partition coefficient (Wildman–Crippen LogP) is 2.75. The second-order valence-electron chi connectivity index (χ2n) is 5.49. The Balaban J connectivity index is 1.88. The number of anilines is 1. The lowest BCUT2D eigenvalue weighted by Crippen LogP contribution is -2.42. The van der Waals surface area contributed by atoms with Crippen LogP contribution in [0.15, 0.2) is 41.3 Å². The number of amides is 1. The van der Waals surface area contributed by atoms with Gasteiger partial charge in [0.05, 0.1) is 0 Å². The summed E-state index contributed by atoms with van der Waals surface area (Å²) in [7, 11) is -4.01. The largest absolute Gasteiger partial charge is 0.322 e. The maximum atomic E-state index is 13.9. The summed E-state index contributed by atoms with van der Waals surface area (Å²) in [5.41, 5.74) is -0.134. The molecule has 1 saturated heterocycles. The van der Waals surface area contributed by atoms with Crippen LogP contribution in [0.1, 0.15) is 16.8 Å². The standard InChI is InChI=1S/C16H13F3N2O3S/c17-12-5-3-11(9-14(12)19)20-16(22)10-2-4-13(18)15(8-10)25(23,24)21-6-1-7-21/h2-5,8-9H,1,6-7H2,(H,20,22). The number of carbonyl (C=O) groups is 1. The molecule has 132 valence electrons. The lowest BCUT2D eigenvalue weighted by atomic mass is 10.2. The molecule has 1 N–H and O–H groups in total. The van der Waals surface area contributed by atoms with E-state index in [0.29, 0.717) is 19.5 Å². The molecule has 2 aromatic carbocycles. The monoisotopic (exact) mass is 370 g/mol. The van der Waals surface area contributed by atoms with Gasteiger partial charge in [0.1, 0.15) is 10.7 Å². The quantitative estimate of drug-likeness (QED) is 0.900. The molecule has 0 atom stereocenters. The van der Waals surface area contributed by atoms with Crippen LogP contribution >= 0.6 is 0 Å². The first-order chi connectivity index (χ1) is 11.8. The number of sulfonamides is 1. The van der Waals surface area contributed by atoms with Crippen LogP contribution in [0, 0.1) is 17.5 Å². The van der Waals surface area contributed by atoms with Crippen molar-refractivity contribution in [2.75, 3.05) is 18.4 Å². The first-order valence-electron chi connectivity index (χ1n) is 7.35. The molecule has 25 heavy (non-hydrogen) atoms. The van der Waals surface area contributed by atoms with Gasteiger partial charge in [-0.25, -0.2) is 21.6 Å². The average Bonchev–Trinajstić information content (AvgIpc) is 2.49. The number of rotatable bonds is 4. The van der Waals surface area contributed by atoms with E-state index >= 15 is 0 Å². The summed E-state index contributed by atoms with van der Waals surface area (Å²) >= 11 is 0. The van der Waals surface area contributed by atoms with Gasteiger partial charge in [0.25, 0.3) is 5.91 Å². The van der Waals surface area contributed by atoms with Gasteiger partial charge >= 0.3 is 0 Å². The summed E-state index contributed by atoms with van der Waals surface area (Å²) in [6.07, 6.45) is 0.692. The van der Waals surface area contributed by atoms with Gasteiger partial charge < -0.3 is 5.32 Å². The van der Waals surface area contributed by atoms with Crippen molar-refractivity contribution in [3.63, 3.8) is 0 Å². The van der Waals surface area contributed by atoms with Gasteiger partial charge in [0, 0.05) is 30.4 Å².